The van der Waals surface area contributed by atoms with Crippen LogP contribution in [-0.2, 0) is 4.79 Å². The number of ether oxygens (including phenoxy) is 1. The first-order chi connectivity index (χ1) is 9.54. The number of carbonyl (C=O) groups is 1. The summed E-state index contributed by atoms with van der Waals surface area (Å²) in [6.07, 6.45) is -0.591. The van der Waals surface area contributed by atoms with Gasteiger partial charge in [0.25, 0.3) is 0 Å². The Morgan fingerprint density at radius 1 is 1.30 bits per heavy atom. The summed E-state index contributed by atoms with van der Waals surface area (Å²) in [4.78, 5) is 15.4. The van der Waals surface area contributed by atoms with Crippen molar-refractivity contribution in [3.8, 4) is 5.75 Å². The third-order valence-corrected chi connectivity index (χ3v) is 3.75. The van der Waals surface area contributed by atoms with Gasteiger partial charge in [0.15, 0.2) is 0 Å². The van der Waals surface area contributed by atoms with E-state index in [1.165, 1.54) is 0 Å². The monoisotopic (exact) mass is 278 g/mol. The molecule has 1 fully saturated rings. The van der Waals surface area contributed by atoms with E-state index in [0.717, 1.165) is 24.3 Å². The van der Waals surface area contributed by atoms with E-state index in [2.05, 4.69) is 4.90 Å². The normalized spacial score (nSPS) is 17.0. The summed E-state index contributed by atoms with van der Waals surface area (Å²) in [5, 5.41) is 10.0. The molecular weight excluding hydrogens is 256 g/mol. The molecule has 0 saturated carbocycles. The molecule has 1 aromatic carbocycles. The molecule has 1 saturated heterocycles. The number of hydrogen-bond donors (Lipinski definition) is 1. The molecule has 5 nitrogen and oxygen atoms in total. The third kappa shape index (κ3) is 2.88. The molecule has 0 aromatic heterocycles. The molecule has 1 amide bonds. The van der Waals surface area contributed by atoms with Gasteiger partial charge < -0.3 is 19.6 Å². The minimum absolute atomic E-state index is 0.117. The topological polar surface area (TPSA) is 53.0 Å². The molecule has 1 aliphatic rings. The van der Waals surface area contributed by atoms with Gasteiger partial charge in [0, 0.05) is 44.4 Å². The smallest absolute Gasteiger partial charge is 0.219 e. The van der Waals surface area contributed by atoms with Crippen LogP contribution in [0, 0.1) is 0 Å². The first kappa shape index (κ1) is 14.7. The van der Waals surface area contributed by atoms with Crippen molar-refractivity contribution in [2.45, 2.75) is 20.0 Å². The van der Waals surface area contributed by atoms with Gasteiger partial charge in [-0.2, -0.15) is 0 Å². The Hall–Kier alpha value is -1.75. The summed E-state index contributed by atoms with van der Waals surface area (Å²) in [6, 6.07) is 5.78. The van der Waals surface area contributed by atoms with Crippen LogP contribution in [0.5, 0.6) is 5.75 Å². The standard InChI is InChI=1S/C15H22N2O3/c1-11(18)15-13(5-4-6-14(15)20-3)17-9-7-16(8-10-17)12(2)19/h4-6,11,18H,7-10H2,1-3H3. The van der Waals surface area contributed by atoms with Crippen LogP contribution >= 0.6 is 0 Å². The molecule has 0 spiro atoms. The van der Waals surface area contributed by atoms with Crippen LogP contribution in [-0.4, -0.2) is 49.2 Å². The first-order valence-electron chi connectivity index (χ1n) is 6.90. The molecular formula is C15H22N2O3. The molecule has 1 N–H and O–H groups in total. The highest BCUT2D eigenvalue weighted by Crippen LogP contribution is 2.34. The average Bonchev–Trinajstić information content (AvgIpc) is 2.46. The van der Waals surface area contributed by atoms with Crippen molar-refractivity contribution in [3.63, 3.8) is 0 Å². The Morgan fingerprint density at radius 2 is 1.95 bits per heavy atom. The van der Waals surface area contributed by atoms with Crippen molar-refractivity contribution in [2.24, 2.45) is 0 Å². The maximum atomic E-state index is 11.4. The molecule has 20 heavy (non-hydrogen) atoms. The van der Waals surface area contributed by atoms with E-state index in [9.17, 15) is 9.90 Å². The molecule has 1 aromatic rings. The Morgan fingerprint density at radius 3 is 2.45 bits per heavy atom. The average molecular weight is 278 g/mol. The lowest BCUT2D eigenvalue weighted by molar-refractivity contribution is -0.129. The van der Waals surface area contributed by atoms with Crippen molar-refractivity contribution >= 4 is 11.6 Å². The van der Waals surface area contributed by atoms with Crippen molar-refractivity contribution < 1.29 is 14.6 Å². The van der Waals surface area contributed by atoms with E-state index in [1.807, 2.05) is 23.1 Å². The summed E-state index contributed by atoms with van der Waals surface area (Å²) < 4.78 is 5.35. The molecule has 1 aliphatic heterocycles. The molecule has 0 radical (unpaired) electrons. The molecule has 1 unspecified atom stereocenters. The molecule has 2 rings (SSSR count). The highest BCUT2D eigenvalue weighted by molar-refractivity contribution is 5.73. The number of methoxy groups -OCH3 is 1. The predicted molar refractivity (Wildman–Crippen MR) is 78.1 cm³/mol. The Bertz CT molecular complexity index is 480. The maximum absolute atomic E-state index is 11.4. The number of aliphatic hydroxyl groups is 1. The van der Waals surface area contributed by atoms with Crippen LogP contribution in [0.15, 0.2) is 18.2 Å². The van der Waals surface area contributed by atoms with E-state index < -0.39 is 6.10 Å². The Labute approximate surface area is 119 Å². The van der Waals surface area contributed by atoms with E-state index in [1.54, 1.807) is 21.0 Å². The predicted octanol–water partition coefficient (Wildman–Crippen LogP) is 1.42. The number of aliphatic hydroxyl groups excluding tert-OH is 1. The van der Waals surface area contributed by atoms with Gasteiger partial charge in [-0.15, -0.1) is 0 Å². The molecule has 1 atom stereocenters. The van der Waals surface area contributed by atoms with Crippen molar-refractivity contribution in [3.05, 3.63) is 23.8 Å². The first-order valence-corrected chi connectivity index (χ1v) is 6.90. The number of hydrogen-bond acceptors (Lipinski definition) is 4. The molecule has 0 bridgehead atoms. The zero-order chi connectivity index (χ0) is 14.7. The van der Waals surface area contributed by atoms with Gasteiger partial charge in [0.1, 0.15) is 5.75 Å². The van der Waals surface area contributed by atoms with Crippen LogP contribution in [0.25, 0.3) is 0 Å². The number of amides is 1. The second-order valence-corrected chi connectivity index (χ2v) is 5.06. The summed E-state index contributed by atoms with van der Waals surface area (Å²) in [5.74, 6) is 0.817. The van der Waals surface area contributed by atoms with E-state index in [-0.39, 0.29) is 5.91 Å². The number of benzene rings is 1. The third-order valence-electron chi connectivity index (χ3n) is 3.75. The van der Waals surface area contributed by atoms with Crippen molar-refractivity contribution in [2.75, 3.05) is 38.2 Å². The van der Waals surface area contributed by atoms with Crippen LogP contribution < -0.4 is 9.64 Å². The Balaban J connectivity index is 2.23. The summed E-state index contributed by atoms with van der Waals surface area (Å²) in [7, 11) is 1.61. The quantitative estimate of drug-likeness (QED) is 0.908. The Kier molecular flexibility index (Phi) is 4.49. The number of rotatable bonds is 3. The van der Waals surface area contributed by atoms with Gasteiger partial charge >= 0.3 is 0 Å². The van der Waals surface area contributed by atoms with Crippen LogP contribution in [0.3, 0.4) is 0 Å². The van der Waals surface area contributed by atoms with Crippen LogP contribution in [0.1, 0.15) is 25.5 Å². The van der Waals surface area contributed by atoms with E-state index >= 15 is 0 Å². The number of anilines is 1. The molecule has 1 heterocycles. The number of nitrogens with zero attached hydrogens (tertiary/aromatic N) is 2. The lowest BCUT2D eigenvalue weighted by Crippen LogP contribution is -2.48. The van der Waals surface area contributed by atoms with Gasteiger partial charge in [-0.1, -0.05) is 6.07 Å². The van der Waals surface area contributed by atoms with E-state index in [0.29, 0.717) is 18.8 Å². The molecule has 5 heteroatoms. The largest absolute Gasteiger partial charge is 0.496 e. The van der Waals surface area contributed by atoms with Crippen molar-refractivity contribution in [1.29, 1.82) is 0 Å². The van der Waals surface area contributed by atoms with Gasteiger partial charge in [-0.05, 0) is 19.1 Å². The van der Waals surface area contributed by atoms with Gasteiger partial charge in [-0.3, -0.25) is 4.79 Å². The highest BCUT2D eigenvalue weighted by Gasteiger charge is 2.23. The SMILES string of the molecule is COc1cccc(N2CCN(C(C)=O)CC2)c1C(C)O. The van der Waals surface area contributed by atoms with Crippen molar-refractivity contribution in [1.82, 2.24) is 4.90 Å². The maximum Gasteiger partial charge on any atom is 0.219 e. The number of carbonyl (C=O) groups excluding carboxylic acids is 1. The lowest BCUT2D eigenvalue weighted by Gasteiger charge is -2.37. The highest BCUT2D eigenvalue weighted by atomic mass is 16.5. The number of piperazine rings is 1. The second-order valence-electron chi connectivity index (χ2n) is 5.06. The van der Waals surface area contributed by atoms with Crippen LogP contribution in [0.2, 0.25) is 0 Å². The zero-order valence-corrected chi connectivity index (χ0v) is 12.3. The zero-order valence-electron chi connectivity index (χ0n) is 12.3. The van der Waals surface area contributed by atoms with E-state index in [4.69, 9.17) is 4.74 Å². The van der Waals surface area contributed by atoms with Crippen LogP contribution in [0.4, 0.5) is 5.69 Å². The molecule has 110 valence electrons. The fourth-order valence-electron chi connectivity index (χ4n) is 2.67. The minimum atomic E-state index is -0.591. The summed E-state index contributed by atoms with van der Waals surface area (Å²) in [6.45, 7) is 6.31. The van der Waals surface area contributed by atoms with Gasteiger partial charge in [0.05, 0.1) is 13.2 Å². The van der Waals surface area contributed by atoms with Gasteiger partial charge in [-0.25, -0.2) is 0 Å². The lowest BCUT2D eigenvalue weighted by atomic mass is 10.0. The second kappa shape index (κ2) is 6.13. The fraction of sp³-hybridized carbons (Fsp3) is 0.533. The summed E-state index contributed by atoms with van der Waals surface area (Å²) >= 11 is 0. The minimum Gasteiger partial charge on any atom is -0.496 e. The summed E-state index contributed by atoms with van der Waals surface area (Å²) in [5.41, 5.74) is 1.80. The fourth-order valence-corrected chi connectivity index (χ4v) is 2.67. The molecule has 0 aliphatic carbocycles. The van der Waals surface area contributed by atoms with Gasteiger partial charge in [0.2, 0.25) is 5.91 Å².